The van der Waals surface area contributed by atoms with E-state index in [-0.39, 0.29) is 5.91 Å². The number of thiazole rings is 1. The first-order chi connectivity index (χ1) is 13.6. The van der Waals surface area contributed by atoms with E-state index in [1.54, 1.807) is 0 Å². The normalized spacial score (nSPS) is 12.6. The zero-order valence-electron chi connectivity index (χ0n) is 15.3. The third-order valence-corrected chi connectivity index (χ3v) is 5.55. The molecular formula is C21H19ClN2O3S. The van der Waals surface area contributed by atoms with E-state index >= 15 is 0 Å². The van der Waals surface area contributed by atoms with Crippen molar-refractivity contribution in [1.29, 1.82) is 0 Å². The highest BCUT2D eigenvalue weighted by atomic mass is 35.5. The van der Waals surface area contributed by atoms with Gasteiger partial charge in [0, 0.05) is 21.9 Å². The summed E-state index contributed by atoms with van der Waals surface area (Å²) in [5.41, 5.74) is 2.88. The van der Waals surface area contributed by atoms with Gasteiger partial charge in [-0.3, -0.25) is 4.79 Å². The number of ether oxygens (including phenoxy) is 2. The molecule has 0 spiro atoms. The summed E-state index contributed by atoms with van der Waals surface area (Å²) in [5.74, 6) is 1.44. The molecule has 1 aliphatic rings. The molecule has 0 atom stereocenters. The maximum atomic E-state index is 12.4. The molecule has 1 amide bonds. The van der Waals surface area contributed by atoms with Crippen molar-refractivity contribution in [1.82, 2.24) is 4.98 Å². The Hall–Kier alpha value is -2.57. The van der Waals surface area contributed by atoms with Crippen molar-refractivity contribution in [3.8, 4) is 22.8 Å². The van der Waals surface area contributed by atoms with E-state index in [0.717, 1.165) is 33.2 Å². The van der Waals surface area contributed by atoms with Crippen LogP contribution in [0.25, 0.3) is 11.3 Å². The Kier molecular flexibility index (Phi) is 5.50. The third-order valence-electron chi connectivity index (χ3n) is 4.41. The van der Waals surface area contributed by atoms with Crippen LogP contribution in [-0.2, 0) is 11.2 Å². The third kappa shape index (κ3) is 4.29. The number of hydrogen-bond acceptors (Lipinski definition) is 5. The Balaban J connectivity index is 1.38. The fourth-order valence-corrected chi connectivity index (χ4v) is 3.99. The van der Waals surface area contributed by atoms with Gasteiger partial charge >= 0.3 is 0 Å². The summed E-state index contributed by atoms with van der Waals surface area (Å²) < 4.78 is 11.1. The maximum Gasteiger partial charge on any atom is 0.226 e. The van der Waals surface area contributed by atoms with Crippen molar-refractivity contribution in [2.24, 2.45) is 0 Å². The molecule has 144 valence electrons. The van der Waals surface area contributed by atoms with Gasteiger partial charge in [0.15, 0.2) is 16.6 Å². The van der Waals surface area contributed by atoms with Crippen LogP contribution in [0, 0.1) is 6.92 Å². The van der Waals surface area contributed by atoms with Crippen LogP contribution >= 0.6 is 22.9 Å². The molecule has 2 heterocycles. The number of hydrogen-bond donors (Lipinski definition) is 1. The number of carbonyl (C=O) groups is 1. The molecule has 0 saturated heterocycles. The van der Waals surface area contributed by atoms with Crippen LogP contribution in [0.3, 0.4) is 0 Å². The molecule has 3 aromatic rings. The quantitative estimate of drug-likeness (QED) is 0.629. The van der Waals surface area contributed by atoms with Crippen molar-refractivity contribution in [3.63, 3.8) is 0 Å². The summed E-state index contributed by atoms with van der Waals surface area (Å²) in [7, 11) is 0. The number of anilines is 1. The maximum absolute atomic E-state index is 12.4. The monoisotopic (exact) mass is 414 g/mol. The summed E-state index contributed by atoms with van der Waals surface area (Å²) in [4.78, 5) is 18.0. The minimum Gasteiger partial charge on any atom is -0.486 e. The molecule has 0 unspecified atom stereocenters. The number of nitrogens with one attached hydrogen (secondary N) is 1. The molecular weight excluding hydrogens is 396 g/mol. The van der Waals surface area contributed by atoms with Crippen LogP contribution in [0.15, 0.2) is 42.5 Å². The fraction of sp³-hybridized carbons (Fsp3) is 0.238. The molecule has 4 rings (SSSR count). The highest BCUT2D eigenvalue weighted by Crippen LogP contribution is 2.32. The minimum absolute atomic E-state index is 0.0636. The number of rotatable bonds is 5. The van der Waals surface area contributed by atoms with Crippen LogP contribution in [0.4, 0.5) is 5.13 Å². The van der Waals surface area contributed by atoms with Gasteiger partial charge < -0.3 is 14.8 Å². The van der Waals surface area contributed by atoms with E-state index in [9.17, 15) is 4.79 Å². The lowest BCUT2D eigenvalue weighted by Crippen LogP contribution is -2.15. The van der Waals surface area contributed by atoms with Gasteiger partial charge in [0.05, 0.1) is 5.69 Å². The van der Waals surface area contributed by atoms with Crippen molar-refractivity contribution < 1.29 is 14.3 Å². The Labute approximate surface area is 172 Å². The van der Waals surface area contributed by atoms with Gasteiger partial charge in [0.25, 0.3) is 0 Å². The van der Waals surface area contributed by atoms with E-state index < -0.39 is 0 Å². The van der Waals surface area contributed by atoms with Gasteiger partial charge in [-0.25, -0.2) is 4.98 Å². The Morgan fingerprint density at radius 2 is 1.89 bits per heavy atom. The first-order valence-electron chi connectivity index (χ1n) is 9.00. The van der Waals surface area contributed by atoms with E-state index in [4.69, 9.17) is 21.1 Å². The van der Waals surface area contributed by atoms with Crippen LogP contribution in [0.2, 0.25) is 5.02 Å². The molecule has 1 aliphatic heterocycles. The number of aryl methyl sites for hydroxylation is 2. The second-order valence-electron chi connectivity index (χ2n) is 6.46. The van der Waals surface area contributed by atoms with Gasteiger partial charge in [0.2, 0.25) is 5.91 Å². The van der Waals surface area contributed by atoms with Gasteiger partial charge in [-0.2, -0.15) is 0 Å². The summed E-state index contributed by atoms with van der Waals surface area (Å²) >= 11 is 7.42. The smallest absolute Gasteiger partial charge is 0.226 e. The lowest BCUT2D eigenvalue weighted by Gasteiger charge is -2.18. The molecule has 0 aliphatic carbocycles. The summed E-state index contributed by atoms with van der Waals surface area (Å²) in [6.45, 7) is 3.11. The number of halogens is 1. The van der Waals surface area contributed by atoms with Gasteiger partial charge in [-0.1, -0.05) is 29.8 Å². The predicted molar refractivity (Wildman–Crippen MR) is 112 cm³/mol. The van der Waals surface area contributed by atoms with Crippen LogP contribution < -0.4 is 14.8 Å². The van der Waals surface area contributed by atoms with Crippen molar-refractivity contribution >= 4 is 34.0 Å². The topological polar surface area (TPSA) is 60.5 Å². The van der Waals surface area contributed by atoms with Crippen LogP contribution in [-0.4, -0.2) is 24.1 Å². The van der Waals surface area contributed by atoms with E-state index in [0.29, 0.717) is 36.2 Å². The first kappa shape index (κ1) is 18.8. The number of aromatic nitrogens is 1. The number of benzene rings is 2. The molecule has 0 bridgehead atoms. The van der Waals surface area contributed by atoms with Crippen molar-refractivity contribution in [2.75, 3.05) is 18.5 Å². The summed E-state index contributed by atoms with van der Waals surface area (Å²) in [6, 6.07) is 13.3. The highest BCUT2D eigenvalue weighted by Gasteiger charge is 2.14. The molecule has 2 aromatic carbocycles. The fourth-order valence-electron chi connectivity index (χ4n) is 3.01. The molecule has 0 saturated carbocycles. The lowest BCUT2D eigenvalue weighted by molar-refractivity contribution is -0.116. The molecule has 1 N–H and O–H groups in total. The van der Waals surface area contributed by atoms with E-state index in [1.165, 1.54) is 11.3 Å². The zero-order valence-corrected chi connectivity index (χ0v) is 16.9. The number of amides is 1. The molecule has 28 heavy (non-hydrogen) atoms. The average molecular weight is 415 g/mol. The zero-order chi connectivity index (χ0) is 19.5. The lowest BCUT2D eigenvalue weighted by atomic mass is 10.1. The minimum atomic E-state index is -0.0636. The summed E-state index contributed by atoms with van der Waals surface area (Å²) in [5, 5.41) is 4.19. The number of carbonyl (C=O) groups excluding carboxylic acids is 1. The van der Waals surface area contributed by atoms with Gasteiger partial charge in [-0.05, 0) is 43.2 Å². The van der Waals surface area contributed by atoms with Gasteiger partial charge in [-0.15, -0.1) is 11.3 Å². The molecule has 5 nitrogen and oxygen atoms in total. The molecule has 0 radical (unpaired) electrons. The summed E-state index contributed by atoms with van der Waals surface area (Å²) in [6.07, 6.45) is 0.991. The Morgan fingerprint density at radius 1 is 1.14 bits per heavy atom. The van der Waals surface area contributed by atoms with Gasteiger partial charge in [0.1, 0.15) is 13.2 Å². The van der Waals surface area contributed by atoms with Crippen molar-refractivity contribution in [2.45, 2.75) is 19.8 Å². The second kappa shape index (κ2) is 8.20. The largest absolute Gasteiger partial charge is 0.486 e. The number of nitrogens with zero attached hydrogens (tertiary/aromatic N) is 1. The average Bonchev–Trinajstić information content (AvgIpc) is 3.06. The second-order valence-corrected chi connectivity index (χ2v) is 8.10. The molecule has 7 heteroatoms. The van der Waals surface area contributed by atoms with Crippen LogP contribution in [0.5, 0.6) is 11.5 Å². The van der Waals surface area contributed by atoms with E-state index in [1.807, 2.05) is 49.4 Å². The molecule has 1 aromatic heterocycles. The standard InChI is InChI=1S/C21H19ClN2O3S/c1-13-20(15-4-6-16(22)7-5-15)24-21(28-13)23-19(25)9-3-14-2-8-17-18(12-14)27-11-10-26-17/h2,4-8,12H,3,9-11H2,1H3,(H,23,24,25). The van der Waals surface area contributed by atoms with E-state index in [2.05, 4.69) is 10.3 Å². The highest BCUT2D eigenvalue weighted by molar-refractivity contribution is 7.16. The van der Waals surface area contributed by atoms with Crippen LogP contribution in [0.1, 0.15) is 16.9 Å². The SMILES string of the molecule is Cc1sc(NC(=O)CCc2ccc3c(c2)OCCO3)nc1-c1ccc(Cl)cc1. The number of fused-ring (bicyclic) bond motifs is 1. The van der Waals surface area contributed by atoms with Crippen molar-refractivity contribution in [3.05, 3.63) is 57.9 Å². The predicted octanol–water partition coefficient (Wildman–Crippen LogP) is 5.11. The molecule has 0 fully saturated rings. The Bertz CT molecular complexity index is 1000. The Morgan fingerprint density at radius 3 is 2.68 bits per heavy atom. The first-order valence-corrected chi connectivity index (χ1v) is 10.2.